The molecule has 0 amide bonds. The molecule has 1 atom stereocenters. The van der Waals surface area contributed by atoms with Gasteiger partial charge in [-0.2, -0.15) is 16.0 Å². The first-order valence-electron chi connectivity index (χ1n) is 2.84. The largest absolute Gasteiger partial charge is 0.174 e. The molecular weight excluding hydrogens is 102 g/mol. The molecular formula is C5H16N3+. The van der Waals surface area contributed by atoms with Gasteiger partial charge in [-0.1, -0.05) is 0 Å². The van der Waals surface area contributed by atoms with E-state index in [1.165, 1.54) is 0 Å². The van der Waals surface area contributed by atoms with Crippen LogP contribution in [0.3, 0.4) is 0 Å². The summed E-state index contributed by atoms with van der Waals surface area (Å²) in [4.78, 5) is 0. The first kappa shape index (κ1) is 7.88. The van der Waals surface area contributed by atoms with Gasteiger partial charge in [-0.05, 0) is 13.8 Å². The van der Waals surface area contributed by atoms with Crippen LogP contribution >= 0.6 is 0 Å². The Kier molecular flexibility index (Phi) is 2.40. The molecule has 0 fully saturated rings. The number of nitrogens with two attached hydrogens (primary N) is 1. The summed E-state index contributed by atoms with van der Waals surface area (Å²) in [5, 5.41) is 0. The summed E-state index contributed by atoms with van der Waals surface area (Å²) in [6.45, 7) is 4.13. The number of hydrogen-bond acceptors (Lipinski definition) is 2. The monoisotopic (exact) mass is 118 g/mol. The van der Waals surface area contributed by atoms with Gasteiger partial charge in [-0.25, -0.2) is 0 Å². The van der Waals surface area contributed by atoms with Crippen LogP contribution in [0.25, 0.3) is 0 Å². The van der Waals surface area contributed by atoms with Gasteiger partial charge in [0, 0.05) is 7.05 Å². The van der Waals surface area contributed by atoms with Crippen LogP contribution in [-0.2, 0) is 0 Å². The van der Waals surface area contributed by atoms with E-state index in [0.717, 1.165) is 0 Å². The van der Waals surface area contributed by atoms with Gasteiger partial charge in [0.05, 0.1) is 0 Å². The quantitative estimate of drug-likeness (QED) is 0.300. The van der Waals surface area contributed by atoms with E-state index < -0.39 is 0 Å². The van der Waals surface area contributed by atoms with Crippen molar-refractivity contribution in [1.29, 1.82) is 0 Å². The Hall–Kier alpha value is -0.120. The molecule has 0 aromatic carbocycles. The highest BCUT2D eigenvalue weighted by atomic mass is 15.8. The highest BCUT2D eigenvalue weighted by molar-refractivity contribution is 4.30. The molecule has 3 N–H and O–H groups in total. The maximum Gasteiger partial charge on any atom is 0.119 e. The van der Waals surface area contributed by atoms with Crippen molar-refractivity contribution in [3.63, 3.8) is 0 Å². The van der Waals surface area contributed by atoms with Gasteiger partial charge in [-0.3, -0.25) is 0 Å². The molecule has 0 aromatic heterocycles. The summed E-state index contributed by atoms with van der Waals surface area (Å²) in [7, 11) is 3.77. The van der Waals surface area contributed by atoms with E-state index in [9.17, 15) is 0 Å². The lowest BCUT2D eigenvalue weighted by Crippen LogP contribution is -2.63. The Morgan fingerprint density at radius 1 is 1.50 bits per heavy atom. The lowest BCUT2D eigenvalue weighted by molar-refractivity contribution is -0.980. The first-order chi connectivity index (χ1) is 3.50. The van der Waals surface area contributed by atoms with Crippen LogP contribution < -0.4 is 11.3 Å². The zero-order valence-electron chi connectivity index (χ0n) is 6.10. The molecule has 0 aromatic rings. The molecule has 0 aliphatic carbocycles. The molecule has 0 radical (unpaired) electrons. The molecule has 0 aliphatic heterocycles. The molecule has 0 spiro atoms. The van der Waals surface area contributed by atoms with Crippen LogP contribution in [0.5, 0.6) is 0 Å². The summed E-state index contributed by atoms with van der Waals surface area (Å²) >= 11 is 0. The normalized spacial score (nSPS) is 18.8. The minimum Gasteiger partial charge on any atom is -0.174 e. The summed E-state index contributed by atoms with van der Waals surface area (Å²) in [5.74, 6) is 5.69. The van der Waals surface area contributed by atoms with Crippen molar-refractivity contribution >= 4 is 0 Å². The van der Waals surface area contributed by atoms with Gasteiger partial charge >= 0.3 is 0 Å². The fraction of sp³-hybridized carbons (Fsp3) is 1.00. The zero-order chi connectivity index (χ0) is 6.78. The summed E-state index contributed by atoms with van der Waals surface area (Å²) in [6, 6.07) is 0.417. The lowest BCUT2D eigenvalue weighted by atomic mass is 10.4. The highest BCUT2D eigenvalue weighted by Gasteiger charge is 2.17. The van der Waals surface area contributed by atoms with E-state index in [2.05, 4.69) is 19.3 Å². The van der Waals surface area contributed by atoms with Gasteiger partial charge in [0.1, 0.15) is 13.1 Å². The fourth-order valence-corrected chi connectivity index (χ4v) is 0.258. The van der Waals surface area contributed by atoms with E-state index in [0.29, 0.717) is 10.7 Å². The number of nitrogens with one attached hydrogen (secondary N) is 1. The SMILES string of the molecule is CN[N+](C)(N)C(C)C. The second-order valence-corrected chi connectivity index (χ2v) is 2.46. The smallest absolute Gasteiger partial charge is 0.119 e. The van der Waals surface area contributed by atoms with Crippen molar-refractivity contribution < 1.29 is 4.70 Å². The molecule has 0 aliphatic rings. The van der Waals surface area contributed by atoms with Crippen molar-refractivity contribution in [1.82, 2.24) is 5.43 Å². The third kappa shape index (κ3) is 1.78. The summed E-state index contributed by atoms with van der Waals surface area (Å²) < 4.78 is 0.375. The van der Waals surface area contributed by atoms with Crippen molar-refractivity contribution in [3.05, 3.63) is 0 Å². The number of hydrogen-bond donors (Lipinski definition) is 2. The Morgan fingerprint density at radius 3 is 1.88 bits per heavy atom. The van der Waals surface area contributed by atoms with Gasteiger partial charge in [0.2, 0.25) is 0 Å². The van der Waals surface area contributed by atoms with Crippen molar-refractivity contribution in [2.45, 2.75) is 19.9 Å². The van der Waals surface area contributed by atoms with Crippen LogP contribution in [-0.4, -0.2) is 24.8 Å². The molecule has 0 heterocycles. The van der Waals surface area contributed by atoms with E-state index in [1.807, 2.05) is 14.1 Å². The van der Waals surface area contributed by atoms with E-state index in [4.69, 9.17) is 5.84 Å². The minimum atomic E-state index is 0.375. The van der Waals surface area contributed by atoms with Crippen molar-refractivity contribution in [2.24, 2.45) is 5.84 Å². The number of rotatable bonds is 2. The van der Waals surface area contributed by atoms with Crippen molar-refractivity contribution in [3.8, 4) is 0 Å². The van der Waals surface area contributed by atoms with Gasteiger partial charge in [0.25, 0.3) is 0 Å². The zero-order valence-corrected chi connectivity index (χ0v) is 6.10. The van der Waals surface area contributed by atoms with Crippen LogP contribution in [0.15, 0.2) is 0 Å². The lowest BCUT2D eigenvalue weighted by Gasteiger charge is -2.29. The second-order valence-electron chi connectivity index (χ2n) is 2.46. The van der Waals surface area contributed by atoms with E-state index >= 15 is 0 Å². The fourth-order valence-electron chi connectivity index (χ4n) is 0.258. The maximum atomic E-state index is 5.69. The highest BCUT2D eigenvalue weighted by Crippen LogP contribution is 1.93. The van der Waals surface area contributed by atoms with Crippen LogP contribution in [0.1, 0.15) is 13.8 Å². The average molecular weight is 118 g/mol. The molecule has 8 heavy (non-hydrogen) atoms. The third-order valence-electron chi connectivity index (χ3n) is 1.55. The third-order valence-corrected chi connectivity index (χ3v) is 1.55. The molecule has 3 heteroatoms. The first-order valence-corrected chi connectivity index (χ1v) is 2.84. The molecule has 0 rings (SSSR count). The Morgan fingerprint density at radius 2 is 1.88 bits per heavy atom. The molecule has 0 saturated carbocycles. The van der Waals surface area contributed by atoms with Gasteiger partial charge < -0.3 is 0 Å². The average Bonchev–Trinajstić information content (AvgIpc) is 1.67. The summed E-state index contributed by atoms with van der Waals surface area (Å²) in [5.41, 5.74) is 2.96. The number of quaternary nitrogens is 1. The Balaban J connectivity index is 3.71. The van der Waals surface area contributed by atoms with E-state index in [1.54, 1.807) is 0 Å². The minimum absolute atomic E-state index is 0.375. The molecule has 3 nitrogen and oxygen atoms in total. The number of nitrogens with zero attached hydrogens (tertiary/aromatic N) is 1. The van der Waals surface area contributed by atoms with Crippen LogP contribution in [0.2, 0.25) is 0 Å². The summed E-state index contributed by atoms with van der Waals surface area (Å²) in [6.07, 6.45) is 0. The maximum absolute atomic E-state index is 5.69. The van der Waals surface area contributed by atoms with Gasteiger partial charge in [-0.15, -0.1) is 0 Å². The Labute approximate surface area is 51.0 Å². The topological polar surface area (TPSA) is 38.0 Å². The van der Waals surface area contributed by atoms with Crippen LogP contribution in [0.4, 0.5) is 0 Å². The predicted molar refractivity (Wildman–Crippen MR) is 34.6 cm³/mol. The predicted octanol–water partition coefficient (Wildman–Crippen LogP) is -0.150. The van der Waals surface area contributed by atoms with Crippen molar-refractivity contribution in [2.75, 3.05) is 14.1 Å². The standard InChI is InChI=1S/C5H16N3/c1-5(2)8(4,6)7-3/h5,7H,6H2,1-4H3/q+1. The molecule has 1 unspecified atom stereocenters. The van der Waals surface area contributed by atoms with Crippen LogP contribution in [0, 0.1) is 0 Å². The van der Waals surface area contributed by atoms with E-state index in [-0.39, 0.29) is 0 Å². The Bertz CT molecular complexity index is 68.1. The molecule has 0 bridgehead atoms. The van der Waals surface area contributed by atoms with Gasteiger partial charge in [0.15, 0.2) is 0 Å². The molecule has 0 saturated heterocycles. The second kappa shape index (κ2) is 2.44. The molecule has 50 valence electrons.